The number of carbonyl (C=O) groups excluding carboxylic acids is 2. The van der Waals surface area contributed by atoms with Crippen molar-refractivity contribution in [3.63, 3.8) is 0 Å². The first-order valence-corrected chi connectivity index (χ1v) is 7.39. The summed E-state index contributed by atoms with van der Waals surface area (Å²) in [6.45, 7) is -0.727. The van der Waals surface area contributed by atoms with Gasteiger partial charge in [-0.1, -0.05) is 0 Å². The van der Waals surface area contributed by atoms with Gasteiger partial charge < -0.3 is 36.9 Å². The summed E-state index contributed by atoms with van der Waals surface area (Å²) < 4.78 is 10.6. The van der Waals surface area contributed by atoms with Crippen molar-refractivity contribution in [1.82, 2.24) is 9.55 Å². The standard InChI is InChI=1S/C14H16N6O7/c15-5-14(20-2-1-8(17)19-13(20)25)11(23)10(22)7(27-14)4-26-12(24)6(16)3-9(18)21/h1-2,6,11,22-23H,3-4,16H2,(H2,18,21)(H2,17,19,25)/t6-,11?,14+/m0/s1. The fraction of sp³-hybridized carbons (Fsp3) is 0.357. The van der Waals surface area contributed by atoms with E-state index >= 15 is 0 Å². The molecule has 27 heavy (non-hydrogen) atoms. The van der Waals surface area contributed by atoms with Crippen molar-refractivity contribution in [3.05, 3.63) is 34.3 Å². The van der Waals surface area contributed by atoms with Crippen LogP contribution >= 0.6 is 0 Å². The molecule has 1 aliphatic rings. The van der Waals surface area contributed by atoms with Crippen LogP contribution in [0.15, 0.2) is 28.6 Å². The monoisotopic (exact) mass is 380 g/mol. The van der Waals surface area contributed by atoms with Gasteiger partial charge in [-0.2, -0.15) is 10.2 Å². The summed E-state index contributed by atoms with van der Waals surface area (Å²) >= 11 is 0. The zero-order valence-electron chi connectivity index (χ0n) is 13.7. The normalized spacial score (nSPS) is 22.6. The van der Waals surface area contributed by atoms with E-state index in [-0.39, 0.29) is 5.82 Å². The Morgan fingerprint density at radius 2 is 2.22 bits per heavy atom. The van der Waals surface area contributed by atoms with Crippen molar-refractivity contribution in [2.45, 2.75) is 24.3 Å². The molecule has 0 fully saturated rings. The number of hydrogen-bond acceptors (Lipinski definition) is 11. The molecule has 13 heteroatoms. The lowest BCUT2D eigenvalue weighted by Crippen LogP contribution is -2.48. The number of amides is 1. The number of carbonyl (C=O) groups is 2. The molecular weight excluding hydrogens is 364 g/mol. The molecule has 1 aliphatic heterocycles. The Hall–Kier alpha value is -3.63. The minimum Gasteiger partial charge on any atom is -0.506 e. The second-order valence-electron chi connectivity index (χ2n) is 5.51. The van der Waals surface area contributed by atoms with Gasteiger partial charge >= 0.3 is 17.4 Å². The lowest BCUT2D eigenvalue weighted by Gasteiger charge is -2.26. The Labute approximate surface area is 151 Å². The van der Waals surface area contributed by atoms with Gasteiger partial charge in [-0.25, -0.2) is 9.36 Å². The molecule has 0 saturated heterocycles. The Bertz CT molecular complexity index is 904. The molecule has 0 radical (unpaired) electrons. The third kappa shape index (κ3) is 3.66. The number of esters is 1. The van der Waals surface area contributed by atoms with E-state index in [9.17, 15) is 29.9 Å². The van der Waals surface area contributed by atoms with Crippen molar-refractivity contribution in [2.75, 3.05) is 12.3 Å². The van der Waals surface area contributed by atoms with Crippen molar-refractivity contribution >= 4 is 17.7 Å². The van der Waals surface area contributed by atoms with Gasteiger partial charge in [-0.3, -0.25) is 9.59 Å². The molecule has 3 atom stereocenters. The molecule has 13 nitrogen and oxygen atoms in total. The molecule has 0 aromatic carbocycles. The number of aliphatic hydroxyl groups is 2. The SMILES string of the molecule is N#C[C@@]1(n2ccc(N)nc2=O)OC(COC(=O)[C@@H](N)CC(N)=O)=C(O)C1O. The molecule has 1 aromatic rings. The lowest BCUT2D eigenvalue weighted by molar-refractivity contribution is -0.147. The highest BCUT2D eigenvalue weighted by Crippen LogP contribution is 2.36. The molecule has 0 aliphatic carbocycles. The highest BCUT2D eigenvalue weighted by molar-refractivity contribution is 5.84. The van der Waals surface area contributed by atoms with Crippen molar-refractivity contribution in [3.8, 4) is 6.07 Å². The summed E-state index contributed by atoms with van der Waals surface area (Å²) in [6.07, 6.45) is -1.41. The van der Waals surface area contributed by atoms with E-state index in [0.29, 0.717) is 4.57 Å². The molecule has 1 unspecified atom stereocenters. The van der Waals surface area contributed by atoms with Crippen LogP contribution in [0.1, 0.15) is 6.42 Å². The summed E-state index contributed by atoms with van der Waals surface area (Å²) in [5.41, 5.74) is 12.3. The minimum absolute atomic E-state index is 0.133. The van der Waals surface area contributed by atoms with Crippen molar-refractivity contribution < 1.29 is 29.3 Å². The fourth-order valence-electron chi connectivity index (χ4n) is 2.27. The van der Waals surface area contributed by atoms with E-state index in [0.717, 1.165) is 6.20 Å². The zero-order valence-corrected chi connectivity index (χ0v) is 13.7. The summed E-state index contributed by atoms with van der Waals surface area (Å²) in [6, 6.07) is 1.41. The number of nitrogen functional groups attached to an aromatic ring is 1. The van der Waals surface area contributed by atoms with Gasteiger partial charge in [0.05, 0.1) is 6.42 Å². The van der Waals surface area contributed by atoms with Crippen LogP contribution in [-0.2, 0) is 24.8 Å². The maximum atomic E-state index is 12.0. The number of hydrogen-bond donors (Lipinski definition) is 5. The van der Waals surface area contributed by atoms with Gasteiger partial charge in [-0.15, -0.1) is 0 Å². The lowest BCUT2D eigenvalue weighted by atomic mass is 10.1. The molecule has 0 bridgehead atoms. The molecular formula is C14H16N6O7. The van der Waals surface area contributed by atoms with Crippen LogP contribution in [0.2, 0.25) is 0 Å². The summed E-state index contributed by atoms with van der Waals surface area (Å²) in [5.74, 6) is -3.32. The maximum absolute atomic E-state index is 12.0. The van der Waals surface area contributed by atoms with Gasteiger partial charge in [0.25, 0.3) is 0 Å². The number of nitrogens with zero attached hydrogens (tertiary/aromatic N) is 3. The van der Waals surface area contributed by atoms with Crippen LogP contribution in [-0.4, -0.2) is 50.4 Å². The highest BCUT2D eigenvalue weighted by Gasteiger charge is 2.53. The van der Waals surface area contributed by atoms with E-state index in [1.165, 1.54) is 6.07 Å². The van der Waals surface area contributed by atoms with Gasteiger partial charge in [0.1, 0.15) is 17.9 Å². The second kappa shape index (κ2) is 7.32. The third-order valence-corrected chi connectivity index (χ3v) is 3.61. The number of nitrogens with two attached hydrogens (primary N) is 3. The number of aliphatic hydroxyl groups excluding tert-OH is 2. The minimum atomic E-state index is -2.39. The summed E-state index contributed by atoms with van der Waals surface area (Å²) in [4.78, 5) is 37.9. The first-order chi connectivity index (χ1) is 12.6. The third-order valence-electron chi connectivity index (χ3n) is 3.61. The fourth-order valence-corrected chi connectivity index (χ4v) is 2.27. The van der Waals surface area contributed by atoms with E-state index in [1.807, 2.05) is 0 Å². The van der Waals surface area contributed by atoms with Crippen LogP contribution in [0.5, 0.6) is 0 Å². The van der Waals surface area contributed by atoms with Crippen molar-refractivity contribution in [1.29, 1.82) is 5.26 Å². The average molecular weight is 380 g/mol. The van der Waals surface area contributed by atoms with E-state index < -0.39 is 60.0 Å². The van der Waals surface area contributed by atoms with E-state index in [1.54, 1.807) is 6.07 Å². The highest BCUT2D eigenvalue weighted by atomic mass is 16.6. The maximum Gasteiger partial charge on any atom is 0.353 e. The molecule has 1 aromatic heterocycles. The van der Waals surface area contributed by atoms with Gasteiger partial charge in [-0.05, 0) is 6.07 Å². The van der Waals surface area contributed by atoms with Crippen LogP contribution in [0.25, 0.3) is 0 Å². The molecule has 1 amide bonds. The molecule has 0 saturated carbocycles. The number of rotatable bonds is 6. The Balaban J connectivity index is 2.22. The van der Waals surface area contributed by atoms with E-state index in [4.69, 9.17) is 26.7 Å². The van der Waals surface area contributed by atoms with Crippen LogP contribution in [0, 0.1) is 11.3 Å². The predicted molar refractivity (Wildman–Crippen MR) is 86.0 cm³/mol. The number of nitriles is 1. The van der Waals surface area contributed by atoms with Crippen molar-refractivity contribution in [2.24, 2.45) is 11.5 Å². The molecule has 2 rings (SSSR count). The summed E-state index contributed by atoms with van der Waals surface area (Å²) in [7, 11) is 0. The first-order valence-electron chi connectivity index (χ1n) is 7.39. The number of aromatic nitrogens is 2. The molecule has 144 valence electrons. The van der Waals surface area contributed by atoms with E-state index in [2.05, 4.69) is 4.98 Å². The molecule has 0 spiro atoms. The van der Waals surface area contributed by atoms with Crippen LogP contribution < -0.4 is 22.9 Å². The summed E-state index contributed by atoms with van der Waals surface area (Å²) in [5, 5.41) is 29.7. The van der Waals surface area contributed by atoms with Gasteiger partial charge in [0.2, 0.25) is 5.91 Å². The molecule has 8 N–H and O–H groups in total. The average Bonchev–Trinajstić information content (AvgIpc) is 2.84. The quantitative estimate of drug-likeness (QED) is 0.310. The number of anilines is 1. The largest absolute Gasteiger partial charge is 0.506 e. The van der Waals surface area contributed by atoms with Gasteiger partial charge in [0.15, 0.2) is 24.2 Å². The van der Waals surface area contributed by atoms with Gasteiger partial charge in [0, 0.05) is 6.20 Å². The first kappa shape index (κ1) is 19.7. The predicted octanol–water partition coefficient (Wildman–Crippen LogP) is -3.09. The zero-order chi connectivity index (χ0) is 20.4. The smallest absolute Gasteiger partial charge is 0.353 e. The topological polar surface area (TPSA) is 230 Å². The second-order valence-corrected chi connectivity index (χ2v) is 5.51. The number of primary amides is 1. The Morgan fingerprint density at radius 1 is 1.56 bits per heavy atom. The Kier molecular flexibility index (Phi) is 5.34. The number of ether oxygens (including phenoxy) is 2. The Morgan fingerprint density at radius 3 is 2.78 bits per heavy atom. The van der Waals surface area contributed by atoms with Crippen LogP contribution in [0.4, 0.5) is 5.82 Å². The van der Waals surface area contributed by atoms with Crippen LogP contribution in [0.3, 0.4) is 0 Å². The molecule has 2 heterocycles.